The number of anilines is 1. The highest BCUT2D eigenvalue weighted by Crippen LogP contribution is 2.21. The average Bonchev–Trinajstić information content (AvgIpc) is 2.79. The Labute approximate surface area is 185 Å². The van der Waals surface area contributed by atoms with Crippen molar-refractivity contribution in [3.8, 4) is 11.3 Å². The summed E-state index contributed by atoms with van der Waals surface area (Å²) < 4.78 is 13.0. The second kappa shape index (κ2) is 11.1. The SMILES string of the molecule is Cl.Fc1ccc(CCCCN2CCN(c3cccc(-c4ccccc4)n3)CC2)cc1. The lowest BCUT2D eigenvalue weighted by Crippen LogP contribution is -2.46. The van der Waals surface area contributed by atoms with Gasteiger partial charge in [-0.05, 0) is 55.6 Å². The summed E-state index contributed by atoms with van der Waals surface area (Å²) in [4.78, 5) is 9.82. The summed E-state index contributed by atoms with van der Waals surface area (Å²) in [6, 6.07) is 23.5. The fourth-order valence-corrected chi connectivity index (χ4v) is 3.89. The number of piperazine rings is 1. The first kappa shape index (κ1) is 22.3. The van der Waals surface area contributed by atoms with Gasteiger partial charge in [0.25, 0.3) is 0 Å². The van der Waals surface area contributed by atoms with E-state index in [9.17, 15) is 4.39 Å². The van der Waals surface area contributed by atoms with Crippen LogP contribution in [0.25, 0.3) is 11.3 Å². The zero-order valence-electron chi connectivity index (χ0n) is 17.2. The van der Waals surface area contributed by atoms with E-state index in [2.05, 4.69) is 52.3 Å². The number of unbranched alkanes of at least 4 members (excludes halogenated alkanes) is 1. The summed E-state index contributed by atoms with van der Waals surface area (Å²) in [7, 11) is 0. The molecule has 1 aliphatic rings. The molecule has 0 bridgehead atoms. The van der Waals surface area contributed by atoms with Crippen molar-refractivity contribution in [2.75, 3.05) is 37.6 Å². The first-order valence-electron chi connectivity index (χ1n) is 10.5. The lowest BCUT2D eigenvalue weighted by atomic mass is 10.1. The van der Waals surface area contributed by atoms with Gasteiger partial charge in [0.05, 0.1) is 5.69 Å². The van der Waals surface area contributed by atoms with Gasteiger partial charge in [0, 0.05) is 31.7 Å². The number of benzene rings is 2. The van der Waals surface area contributed by atoms with Gasteiger partial charge >= 0.3 is 0 Å². The van der Waals surface area contributed by atoms with E-state index in [4.69, 9.17) is 4.98 Å². The molecule has 3 nitrogen and oxygen atoms in total. The summed E-state index contributed by atoms with van der Waals surface area (Å²) in [5.74, 6) is 0.915. The number of aromatic nitrogens is 1. The van der Waals surface area contributed by atoms with Crippen molar-refractivity contribution in [2.45, 2.75) is 19.3 Å². The summed E-state index contributed by atoms with van der Waals surface area (Å²) in [5.41, 5.74) is 3.42. The number of aryl methyl sites for hydroxylation is 1. The molecule has 0 spiro atoms. The maximum absolute atomic E-state index is 13.0. The number of pyridine rings is 1. The average molecular weight is 426 g/mol. The standard InChI is InChI=1S/C25H28FN3.ClH/c26-23-14-12-21(13-15-23)7-4-5-16-28-17-19-29(20-18-28)25-11-6-10-24(27-25)22-8-2-1-3-9-22;/h1-3,6,8-15H,4-5,7,16-20H2;1H. The third-order valence-electron chi connectivity index (χ3n) is 5.60. The monoisotopic (exact) mass is 425 g/mol. The molecule has 0 N–H and O–H groups in total. The third kappa shape index (κ3) is 6.04. The van der Waals surface area contributed by atoms with Crippen molar-refractivity contribution in [3.05, 3.63) is 84.2 Å². The number of hydrogen-bond acceptors (Lipinski definition) is 3. The second-order valence-corrected chi connectivity index (χ2v) is 7.66. The van der Waals surface area contributed by atoms with E-state index in [0.29, 0.717) is 0 Å². The van der Waals surface area contributed by atoms with Crippen LogP contribution >= 0.6 is 12.4 Å². The predicted molar refractivity (Wildman–Crippen MR) is 125 cm³/mol. The van der Waals surface area contributed by atoms with Crippen molar-refractivity contribution in [1.82, 2.24) is 9.88 Å². The Hall–Kier alpha value is -2.43. The molecule has 0 amide bonds. The molecule has 0 atom stereocenters. The molecule has 1 fully saturated rings. The van der Waals surface area contributed by atoms with Crippen molar-refractivity contribution in [1.29, 1.82) is 0 Å². The first-order chi connectivity index (χ1) is 14.3. The highest BCUT2D eigenvalue weighted by molar-refractivity contribution is 5.85. The Balaban J connectivity index is 0.00000256. The van der Waals surface area contributed by atoms with Gasteiger partial charge in [-0.1, -0.05) is 48.5 Å². The van der Waals surface area contributed by atoms with Crippen LogP contribution in [-0.4, -0.2) is 42.6 Å². The molecule has 0 unspecified atom stereocenters. The zero-order chi connectivity index (χ0) is 19.9. The normalized spacial score (nSPS) is 14.4. The lowest BCUT2D eigenvalue weighted by molar-refractivity contribution is 0.252. The fourth-order valence-electron chi connectivity index (χ4n) is 3.89. The van der Waals surface area contributed by atoms with E-state index in [0.717, 1.165) is 62.6 Å². The predicted octanol–water partition coefficient (Wildman–Crippen LogP) is 5.45. The largest absolute Gasteiger partial charge is 0.354 e. The van der Waals surface area contributed by atoms with Gasteiger partial charge in [-0.25, -0.2) is 9.37 Å². The smallest absolute Gasteiger partial charge is 0.129 e. The van der Waals surface area contributed by atoms with Gasteiger partial charge in [0.1, 0.15) is 11.6 Å². The van der Waals surface area contributed by atoms with E-state index >= 15 is 0 Å². The van der Waals surface area contributed by atoms with Crippen LogP contribution in [0.2, 0.25) is 0 Å². The van der Waals surface area contributed by atoms with Crippen molar-refractivity contribution >= 4 is 18.2 Å². The minimum atomic E-state index is -0.157. The highest BCUT2D eigenvalue weighted by Gasteiger charge is 2.18. The Morgan fingerprint density at radius 1 is 0.767 bits per heavy atom. The molecular weight excluding hydrogens is 397 g/mol. The molecule has 2 aromatic carbocycles. The summed E-state index contributed by atoms with van der Waals surface area (Å²) >= 11 is 0. The van der Waals surface area contributed by atoms with Crippen LogP contribution in [0.5, 0.6) is 0 Å². The molecular formula is C25H29ClFN3. The summed E-state index contributed by atoms with van der Waals surface area (Å²) in [6.07, 6.45) is 3.35. The van der Waals surface area contributed by atoms with E-state index in [1.54, 1.807) is 12.1 Å². The Bertz CT molecular complexity index is 894. The van der Waals surface area contributed by atoms with Crippen LogP contribution < -0.4 is 4.90 Å². The molecule has 0 radical (unpaired) electrons. The van der Waals surface area contributed by atoms with Crippen LogP contribution in [0, 0.1) is 5.82 Å². The topological polar surface area (TPSA) is 19.4 Å². The molecule has 1 aliphatic heterocycles. The van der Waals surface area contributed by atoms with E-state index in [1.807, 2.05) is 18.2 Å². The Morgan fingerprint density at radius 3 is 2.23 bits per heavy atom. The minimum absolute atomic E-state index is 0. The van der Waals surface area contributed by atoms with Crippen molar-refractivity contribution in [3.63, 3.8) is 0 Å². The number of rotatable bonds is 7. The van der Waals surface area contributed by atoms with E-state index < -0.39 is 0 Å². The molecule has 3 aromatic rings. The first-order valence-corrected chi connectivity index (χ1v) is 10.5. The van der Waals surface area contributed by atoms with Crippen LogP contribution in [0.1, 0.15) is 18.4 Å². The zero-order valence-corrected chi connectivity index (χ0v) is 18.0. The Kier molecular flexibility index (Phi) is 8.23. The van der Waals surface area contributed by atoms with Crippen LogP contribution in [0.15, 0.2) is 72.8 Å². The van der Waals surface area contributed by atoms with Gasteiger partial charge < -0.3 is 4.90 Å². The maximum atomic E-state index is 13.0. The molecule has 0 saturated carbocycles. The molecule has 2 heterocycles. The molecule has 1 saturated heterocycles. The molecule has 158 valence electrons. The second-order valence-electron chi connectivity index (χ2n) is 7.66. The molecule has 4 rings (SSSR count). The quantitative estimate of drug-likeness (QED) is 0.469. The maximum Gasteiger partial charge on any atom is 0.129 e. The van der Waals surface area contributed by atoms with Gasteiger partial charge in [-0.3, -0.25) is 4.90 Å². The van der Waals surface area contributed by atoms with Gasteiger partial charge in [-0.2, -0.15) is 0 Å². The lowest BCUT2D eigenvalue weighted by Gasteiger charge is -2.35. The Morgan fingerprint density at radius 2 is 1.50 bits per heavy atom. The highest BCUT2D eigenvalue weighted by atomic mass is 35.5. The minimum Gasteiger partial charge on any atom is -0.354 e. The summed E-state index contributed by atoms with van der Waals surface area (Å²) in [5, 5.41) is 0. The fraction of sp³-hybridized carbons (Fsp3) is 0.320. The van der Waals surface area contributed by atoms with Crippen LogP contribution in [0.4, 0.5) is 10.2 Å². The molecule has 30 heavy (non-hydrogen) atoms. The van der Waals surface area contributed by atoms with Crippen LogP contribution in [-0.2, 0) is 6.42 Å². The van der Waals surface area contributed by atoms with E-state index in [-0.39, 0.29) is 18.2 Å². The molecule has 5 heteroatoms. The summed E-state index contributed by atoms with van der Waals surface area (Å²) in [6.45, 7) is 5.32. The van der Waals surface area contributed by atoms with Gasteiger partial charge in [0.2, 0.25) is 0 Å². The number of nitrogens with zero attached hydrogens (tertiary/aromatic N) is 3. The van der Waals surface area contributed by atoms with Gasteiger partial charge in [0.15, 0.2) is 0 Å². The van der Waals surface area contributed by atoms with Crippen molar-refractivity contribution < 1.29 is 4.39 Å². The van der Waals surface area contributed by atoms with Crippen LogP contribution in [0.3, 0.4) is 0 Å². The number of hydrogen-bond donors (Lipinski definition) is 0. The molecule has 1 aromatic heterocycles. The third-order valence-corrected chi connectivity index (χ3v) is 5.60. The number of halogens is 2. The van der Waals surface area contributed by atoms with E-state index in [1.165, 1.54) is 12.0 Å². The molecule has 0 aliphatic carbocycles. The van der Waals surface area contributed by atoms with Crippen molar-refractivity contribution in [2.24, 2.45) is 0 Å². The van der Waals surface area contributed by atoms with Gasteiger partial charge in [-0.15, -0.1) is 12.4 Å².